The number of aliphatic hydroxyl groups is 1. The first-order valence-electron chi connectivity index (χ1n) is 9.20. The van der Waals surface area contributed by atoms with Crippen molar-refractivity contribution < 1.29 is 14.6 Å². The molecule has 2 N–H and O–H groups in total. The van der Waals surface area contributed by atoms with E-state index in [1.165, 1.54) is 12.0 Å². The lowest BCUT2D eigenvalue weighted by Crippen LogP contribution is -2.52. The highest BCUT2D eigenvalue weighted by atomic mass is 16.5. The van der Waals surface area contributed by atoms with Crippen LogP contribution >= 0.6 is 0 Å². The molecule has 0 bridgehead atoms. The minimum Gasteiger partial charge on any atom is -0.388 e. The van der Waals surface area contributed by atoms with Gasteiger partial charge in [-0.15, -0.1) is 0 Å². The Hall–Kier alpha value is -1.39. The van der Waals surface area contributed by atoms with E-state index < -0.39 is 11.0 Å². The van der Waals surface area contributed by atoms with Crippen LogP contribution in [0.1, 0.15) is 56.1 Å². The monoisotopic (exact) mass is 331 g/mol. The highest BCUT2D eigenvalue weighted by Gasteiger charge is 2.42. The van der Waals surface area contributed by atoms with Crippen molar-refractivity contribution in [3.8, 4) is 0 Å². The van der Waals surface area contributed by atoms with E-state index >= 15 is 0 Å². The Bertz CT molecular complexity index is 555. The van der Waals surface area contributed by atoms with Gasteiger partial charge in [-0.2, -0.15) is 0 Å². The Morgan fingerprint density at radius 2 is 1.71 bits per heavy atom. The number of ether oxygens (including phenoxy) is 1. The van der Waals surface area contributed by atoms with Crippen LogP contribution < -0.4 is 5.32 Å². The number of hydrogen-bond acceptors (Lipinski definition) is 3. The Morgan fingerprint density at radius 3 is 2.33 bits per heavy atom. The Morgan fingerprint density at radius 1 is 1.08 bits per heavy atom. The molecule has 1 aromatic carbocycles. The number of carbonyl (C=O) groups excluding carboxylic acids is 1. The third kappa shape index (κ3) is 3.65. The van der Waals surface area contributed by atoms with Crippen molar-refractivity contribution in [2.24, 2.45) is 0 Å². The van der Waals surface area contributed by atoms with Gasteiger partial charge in [0, 0.05) is 19.8 Å². The van der Waals surface area contributed by atoms with Crippen LogP contribution in [-0.2, 0) is 14.9 Å². The third-order valence-corrected chi connectivity index (χ3v) is 5.75. The normalized spacial score (nSPS) is 22.8. The molecule has 1 aromatic rings. The molecule has 24 heavy (non-hydrogen) atoms. The minimum atomic E-state index is -0.729. The highest BCUT2D eigenvalue weighted by molar-refractivity contribution is 5.88. The van der Waals surface area contributed by atoms with Crippen molar-refractivity contribution in [2.45, 2.75) is 62.9 Å². The second-order valence-corrected chi connectivity index (χ2v) is 7.53. The Labute approximate surface area is 144 Å². The molecule has 1 saturated carbocycles. The maximum Gasteiger partial charge on any atom is 0.230 e. The molecular formula is C20H29NO3. The fourth-order valence-corrected chi connectivity index (χ4v) is 4.04. The first-order chi connectivity index (χ1) is 11.5. The maximum absolute atomic E-state index is 13.1. The summed E-state index contributed by atoms with van der Waals surface area (Å²) in [5.41, 5.74) is 0.993. The van der Waals surface area contributed by atoms with Crippen LogP contribution in [0.3, 0.4) is 0 Å². The van der Waals surface area contributed by atoms with Gasteiger partial charge in [-0.25, -0.2) is 0 Å². The summed E-state index contributed by atoms with van der Waals surface area (Å²) in [4.78, 5) is 13.1. The van der Waals surface area contributed by atoms with Gasteiger partial charge < -0.3 is 15.2 Å². The lowest BCUT2D eigenvalue weighted by Gasteiger charge is -2.38. The van der Waals surface area contributed by atoms with Gasteiger partial charge in [-0.1, -0.05) is 49.1 Å². The first-order valence-corrected chi connectivity index (χ1v) is 9.20. The lowest BCUT2D eigenvalue weighted by atomic mass is 9.73. The van der Waals surface area contributed by atoms with E-state index in [0.29, 0.717) is 32.6 Å². The average molecular weight is 331 g/mol. The molecule has 2 fully saturated rings. The molecule has 3 rings (SSSR count). The summed E-state index contributed by atoms with van der Waals surface area (Å²) in [7, 11) is 0. The first kappa shape index (κ1) is 17.4. The van der Waals surface area contributed by atoms with Crippen molar-refractivity contribution in [3.05, 3.63) is 35.4 Å². The van der Waals surface area contributed by atoms with Gasteiger partial charge in [0.05, 0.1) is 11.0 Å². The molecule has 1 aliphatic heterocycles. The SMILES string of the molecule is Cc1ccc(C2(C(=O)NCC3(O)CCCCC3)CCOCC2)cc1. The molecule has 0 aromatic heterocycles. The Balaban J connectivity index is 1.75. The van der Waals surface area contributed by atoms with Crippen LogP contribution in [0.2, 0.25) is 0 Å². The molecule has 1 aliphatic carbocycles. The number of benzene rings is 1. The highest BCUT2D eigenvalue weighted by Crippen LogP contribution is 2.36. The van der Waals surface area contributed by atoms with Gasteiger partial charge in [0.25, 0.3) is 0 Å². The van der Waals surface area contributed by atoms with Gasteiger partial charge in [-0.05, 0) is 38.2 Å². The topological polar surface area (TPSA) is 58.6 Å². The molecule has 1 heterocycles. The van der Waals surface area contributed by atoms with Gasteiger partial charge in [0.2, 0.25) is 5.91 Å². The van der Waals surface area contributed by atoms with Crippen LogP contribution in [0.25, 0.3) is 0 Å². The maximum atomic E-state index is 13.1. The molecule has 1 saturated heterocycles. The van der Waals surface area contributed by atoms with Crippen molar-refractivity contribution in [1.29, 1.82) is 0 Å². The van der Waals surface area contributed by atoms with E-state index in [4.69, 9.17) is 4.74 Å². The number of rotatable bonds is 4. The summed E-state index contributed by atoms with van der Waals surface area (Å²) in [5.74, 6) is 0.0358. The average Bonchev–Trinajstić information content (AvgIpc) is 2.61. The zero-order valence-electron chi connectivity index (χ0n) is 14.6. The van der Waals surface area contributed by atoms with Gasteiger partial charge in [0.1, 0.15) is 0 Å². The molecule has 0 unspecified atom stereocenters. The van der Waals surface area contributed by atoms with Crippen LogP contribution in [-0.4, -0.2) is 36.4 Å². The van der Waals surface area contributed by atoms with Gasteiger partial charge in [0.15, 0.2) is 0 Å². The number of carbonyl (C=O) groups is 1. The van der Waals surface area contributed by atoms with Crippen molar-refractivity contribution in [1.82, 2.24) is 5.32 Å². The standard InChI is InChI=1S/C20H29NO3/c1-16-5-7-17(8-6-16)20(11-13-24-14-12-20)18(22)21-15-19(23)9-3-2-4-10-19/h5-8,23H,2-4,9-15H2,1H3,(H,21,22). The van der Waals surface area contributed by atoms with Crippen LogP contribution in [0, 0.1) is 6.92 Å². The summed E-state index contributed by atoms with van der Waals surface area (Å²) < 4.78 is 5.51. The third-order valence-electron chi connectivity index (χ3n) is 5.75. The smallest absolute Gasteiger partial charge is 0.230 e. The zero-order valence-corrected chi connectivity index (χ0v) is 14.6. The summed E-state index contributed by atoms with van der Waals surface area (Å²) in [6, 6.07) is 8.26. The van der Waals surface area contributed by atoms with E-state index in [1.807, 2.05) is 0 Å². The summed E-state index contributed by atoms with van der Waals surface area (Å²) in [5, 5.41) is 13.7. The zero-order chi connectivity index (χ0) is 17.0. The molecule has 2 aliphatic rings. The fraction of sp³-hybridized carbons (Fsp3) is 0.650. The number of amides is 1. The predicted molar refractivity (Wildman–Crippen MR) is 94.0 cm³/mol. The number of aryl methyl sites for hydroxylation is 1. The molecule has 1 amide bonds. The van der Waals surface area contributed by atoms with Crippen LogP contribution in [0.15, 0.2) is 24.3 Å². The minimum absolute atomic E-state index is 0.0358. The van der Waals surface area contributed by atoms with Gasteiger partial charge in [-0.3, -0.25) is 4.79 Å². The molecular weight excluding hydrogens is 302 g/mol. The van der Waals surface area contributed by atoms with E-state index in [2.05, 4.69) is 36.5 Å². The van der Waals surface area contributed by atoms with E-state index in [9.17, 15) is 9.90 Å². The Kier molecular flexibility index (Phi) is 5.26. The molecule has 4 heteroatoms. The van der Waals surface area contributed by atoms with Crippen molar-refractivity contribution >= 4 is 5.91 Å². The summed E-state index contributed by atoms with van der Waals surface area (Å²) in [6.45, 7) is 3.62. The largest absolute Gasteiger partial charge is 0.388 e. The predicted octanol–water partition coefficient (Wildman–Crippen LogP) is 2.85. The quantitative estimate of drug-likeness (QED) is 0.892. The van der Waals surface area contributed by atoms with E-state index in [0.717, 1.165) is 31.2 Å². The molecule has 132 valence electrons. The van der Waals surface area contributed by atoms with Gasteiger partial charge >= 0.3 is 0 Å². The number of nitrogens with one attached hydrogen (secondary N) is 1. The molecule has 0 spiro atoms. The lowest BCUT2D eigenvalue weighted by molar-refractivity contribution is -0.132. The van der Waals surface area contributed by atoms with E-state index in [1.54, 1.807) is 0 Å². The van der Waals surface area contributed by atoms with E-state index in [-0.39, 0.29) is 5.91 Å². The second kappa shape index (κ2) is 7.24. The molecule has 0 atom stereocenters. The molecule has 4 nitrogen and oxygen atoms in total. The van der Waals surface area contributed by atoms with Crippen molar-refractivity contribution in [2.75, 3.05) is 19.8 Å². The molecule has 0 radical (unpaired) electrons. The summed E-state index contributed by atoms with van der Waals surface area (Å²) >= 11 is 0. The second-order valence-electron chi connectivity index (χ2n) is 7.53. The fourth-order valence-electron chi connectivity index (χ4n) is 4.04. The van der Waals surface area contributed by atoms with Crippen LogP contribution in [0.4, 0.5) is 0 Å². The summed E-state index contributed by atoms with van der Waals surface area (Å²) in [6.07, 6.45) is 6.23. The van der Waals surface area contributed by atoms with Crippen molar-refractivity contribution in [3.63, 3.8) is 0 Å². The van der Waals surface area contributed by atoms with Crippen LogP contribution in [0.5, 0.6) is 0 Å². The number of hydrogen-bond donors (Lipinski definition) is 2.